The average Bonchev–Trinajstić information content (AvgIpc) is 2.92. The topological polar surface area (TPSA) is 23.5 Å². The summed E-state index contributed by atoms with van der Waals surface area (Å²) in [6.07, 6.45) is 10.5. The quantitative estimate of drug-likeness (QED) is 0.605. The summed E-state index contributed by atoms with van der Waals surface area (Å²) >= 11 is 3.77. The molecule has 1 fully saturated rings. The van der Waals surface area contributed by atoms with Gasteiger partial charge in [-0.25, -0.2) is 0 Å². The summed E-state index contributed by atoms with van der Waals surface area (Å²) < 4.78 is 0. The number of nitrogens with zero attached hydrogens (tertiary/aromatic N) is 1. The van der Waals surface area contributed by atoms with E-state index >= 15 is 0 Å². The van der Waals surface area contributed by atoms with Crippen LogP contribution in [-0.4, -0.2) is 41.1 Å². The van der Waals surface area contributed by atoms with Gasteiger partial charge in [0.2, 0.25) is 0 Å². The first kappa shape index (κ1) is 17.5. The molecular formula is C16H32BrNO. The normalized spacial score (nSPS) is 17.5. The summed E-state index contributed by atoms with van der Waals surface area (Å²) in [5.41, 5.74) is 0.404. The van der Waals surface area contributed by atoms with Crippen molar-refractivity contribution in [2.75, 3.05) is 25.0 Å². The standard InChI is InChI=1S/C16H32BrNO/c1-3-9-16(13-17,10-4-2)14-18(11-12-19)15-7-5-6-8-15/h15,19H,3-14H2,1-2H3. The van der Waals surface area contributed by atoms with Crippen molar-refractivity contribution < 1.29 is 5.11 Å². The minimum Gasteiger partial charge on any atom is -0.395 e. The maximum Gasteiger partial charge on any atom is 0.0558 e. The second-order valence-corrected chi connectivity index (χ2v) is 6.83. The number of hydrogen-bond donors (Lipinski definition) is 1. The summed E-state index contributed by atoms with van der Waals surface area (Å²) in [7, 11) is 0. The Morgan fingerprint density at radius 1 is 1.16 bits per heavy atom. The van der Waals surface area contributed by atoms with Crippen LogP contribution in [0, 0.1) is 5.41 Å². The van der Waals surface area contributed by atoms with Crippen LogP contribution in [0.25, 0.3) is 0 Å². The van der Waals surface area contributed by atoms with Crippen molar-refractivity contribution in [2.45, 2.75) is 71.3 Å². The van der Waals surface area contributed by atoms with Gasteiger partial charge >= 0.3 is 0 Å². The molecule has 19 heavy (non-hydrogen) atoms. The third-order valence-electron chi connectivity index (χ3n) is 4.61. The largest absolute Gasteiger partial charge is 0.395 e. The zero-order chi connectivity index (χ0) is 14.1. The van der Waals surface area contributed by atoms with Crippen LogP contribution >= 0.6 is 15.9 Å². The molecule has 1 aliphatic carbocycles. The second-order valence-electron chi connectivity index (χ2n) is 6.27. The highest BCUT2D eigenvalue weighted by Crippen LogP contribution is 2.35. The van der Waals surface area contributed by atoms with Crippen LogP contribution < -0.4 is 0 Å². The van der Waals surface area contributed by atoms with Gasteiger partial charge in [0.1, 0.15) is 0 Å². The number of hydrogen-bond acceptors (Lipinski definition) is 2. The molecule has 1 N–H and O–H groups in total. The van der Waals surface area contributed by atoms with E-state index in [0.717, 1.165) is 24.5 Å². The molecule has 1 saturated carbocycles. The lowest BCUT2D eigenvalue weighted by Crippen LogP contribution is -2.45. The van der Waals surface area contributed by atoms with Crippen LogP contribution in [0.2, 0.25) is 0 Å². The van der Waals surface area contributed by atoms with Crippen LogP contribution in [0.1, 0.15) is 65.2 Å². The third-order valence-corrected chi connectivity index (χ3v) is 5.80. The molecule has 2 nitrogen and oxygen atoms in total. The zero-order valence-corrected chi connectivity index (χ0v) is 14.4. The van der Waals surface area contributed by atoms with E-state index in [1.807, 2.05) is 0 Å². The SMILES string of the molecule is CCCC(CBr)(CCC)CN(CCO)C1CCCC1. The fraction of sp³-hybridized carbons (Fsp3) is 1.00. The number of aliphatic hydroxyl groups excluding tert-OH is 1. The molecule has 0 aromatic heterocycles. The first-order valence-electron chi connectivity index (χ1n) is 8.12. The Balaban J connectivity index is 2.70. The van der Waals surface area contributed by atoms with Crippen molar-refractivity contribution in [2.24, 2.45) is 5.41 Å². The lowest BCUT2D eigenvalue weighted by Gasteiger charge is -2.40. The van der Waals surface area contributed by atoms with Gasteiger partial charge in [-0.2, -0.15) is 0 Å². The van der Waals surface area contributed by atoms with Gasteiger partial charge in [-0.1, -0.05) is 55.5 Å². The van der Waals surface area contributed by atoms with E-state index < -0.39 is 0 Å². The van der Waals surface area contributed by atoms with Gasteiger partial charge in [-0.15, -0.1) is 0 Å². The maximum atomic E-state index is 9.37. The lowest BCUT2D eigenvalue weighted by molar-refractivity contribution is 0.0885. The van der Waals surface area contributed by atoms with Crippen molar-refractivity contribution >= 4 is 15.9 Å². The Labute approximate surface area is 128 Å². The molecule has 0 saturated heterocycles. The summed E-state index contributed by atoms with van der Waals surface area (Å²) in [6, 6.07) is 0.722. The number of aliphatic hydroxyl groups is 1. The fourth-order valence-electron chi connectivity index (χ4n) is 3.74. The van der Waals surface area contributed by atoms with E-state index in [-0.39, 0.29) is 0 Å². The predicted octanol–water partition coefficient (Wildman–Crippen LogP) is 4.20. The van der Waals surface area contributed by atoms with Crippen molar-refractivity contribution in [3.63, 3.8) is 0 Å². The Bertz CT molecular complexity index is 223. The van der Waals surface area contributed by atoms with Crippen molar-refractivity contribution in [3.8, 4) is 0 Å². The van der Waals surface area contributed by atoms with E-state index in [9.17, 15) is 5.11 Å². The predicted molar refractivity (Wildman–Crippen MR) is 87.0 cm³/mol. The van der Waals surface area contributed by atoms with Gasteiger partial charge in [0.05, 0.1) is 6.61 Å². The smallest absolute Gasteiger partial charge is 0.0558 e. The molecule has 1 aliphatic rings. The van der Waals surface area contributed by atoms with Crippen molar-refractivity contribution in [3.05, 3.63) is 0 Å². The van der Waals surface area contributed by atoms with Gasteiger partial charge < -0.3 is 5.11 Å². The molecule has 0 aliphatic heterocycles. The first-order valence-corrected chi connectivity index (χ1v) is 9.24. The first-order chi connectivity index (χ1) is 9.21. The number of alkyl halides is 1. The Hall–Kier alpha value is 0.400. The summed E-state index contributed by atoms with van der Waals surface area (Å²) in [5.74, 6) is 0. The van der Waals surface area contributed by atoms with E-state index in [2.05, 4.69) is 34.7 Å². The summed E-state index contributed by atoms with van der Waals surface area (Å²) in [6.45, 7) is 6.89. The minimum absolute atomic E-state index is 0.299. The highest BCUT2D eigenvalue weighted by Gasteiger charge is 2.33. The van der Waals surface area contributed by atoms with E-state index in [0.29, 0.717) is 12.0 Å². The summed E-state index contributed by atoms with van der Waals surface area (Å²) in [5, 5.41) is 10.5. The summed E-state index contributed by atoms with van der Waals surface area (Å²) in [4.78, 5) is 2.58. The highest BCUT2D eigenvalue weighted by molar-refractivity contribution is 9.09. The van der Waals surface area contributed by atoms with Gasteiger partial charge in [-0.05, 0) is 31.1 Å². The van der Waals surface area contributed by atoms with Crippen LogP contribution in [0.15, 0.2) is 0 Å². The molecule has 0 spiro atoms. The molecular weight excluding hydrogens is 302 g/mol. The molecule has 0 heterocycles. The average molecular weight is 334 g/mol. The lowest BCUT2D eigenvalue weighted by atomic mass is 9.80. The van der Waals surface area contributed by atoms with Crippen LogP contribution in [0.5, 0.6) is 0 Å². The molecule has 0 radical (unpaired) electrons. The third kappa shape index (κ3) is 5.35. The maximum absolute atomic E-state index is 9.37. The Kier molecular flexibility index (Phi) is 8.59. The Morgan fingerprint density at radius 3 is 2.16 bits per heavy atom. The Morgan fingerprint density at radius 2 is 1.74 bits per heavy atom. The van der Waals surface area contributed by atoms with Gasteiger partial charge in [0.25, 0.3) is 0 Å². The molecule has 0 atom stereocenters. The van der Waals surface area contributed by atoms with Gasteiger partial charge in [-0.3, -0.25) is 4.90 Å². The molecule has 0 aromatic rings. The van der Waals surface area contributed by atoms with Crippen LogP contribution in [-0.2, 0) is 0 Å². The van der Waals surface area contributed by atoms with E-state index in [1.54, 1.807) is 0 Å². The number of rotatable bonds is 10. The molecule has 0 aromatic carbocycles. The van der Waals surface area contributed by atoms with Gasteiger partial charge in [0.15, 0.2) is 0 Å². The highest BCUT2D eigenvalue weighted by atomic mass is 79.9. The number of halogens is 1. The molecule has 1 rings (SSSR count). The molecule has 3 heteroatoms. The minimum atomic E-state index is 0.299. The molecule has 0 unspecified atom stereocenters. The van der Waals surface area contributed by atoms with E-state index in [1.165, 1.54) is 51.4 Å². The van der Waals surface area contributed by atoms with E-state index in [4.69, 9.17) is 0 Å². The second kappa shape index (κ2) is 9.36. The fourth-order valence-corrected chi connectivity index (χ4v) is 4.48. The molecule has 0 amide bonds. The van der Waals surface area contributed by atoms with Crippen molar-refractivity contribution in [1.29, 1.82) is 0 Å². The van der Waals surface area contributed by atoms with Crippen LogP contribution in [0.3, 0.4) is 0 Å². The monoisotopic (exact) mass is 333 g/mol. The van der Waals surface area contributed by atoms with Crippen LogP contribution in [0.4, 0.5) is 0 Å². The molecule has 114 valence electrons. The van der Waals surface area contributed by atoms with Crippen molar-refractivity contribution in [1.82, 2.24) is 4.90 Å². The molecule has 0 bridgehead atoms. The van der Waals surface area contributed by atoms with Gasteiger partial charge in [0, 0.05) is 24.5 Å². The zero-order valence-electron chi connectivity index (χ0n) is 12.8.